The number of hydrogen-bond donors (Lipinski definition) is 0. The number of hydrogen-bond acceptors (Lipinski definition) is 2. The van der Waals surface area contributed by atoms with Crippen molar-refractivity contribution in [3.63, 3.8) is 0 Å². The van der Waals surface area contributed by atoms with Gasteiger partial charge >= 0.3 is 0 Å². The summed E-state index contributed by atoms with van der Waals surface area (Å²) >= 11 is 6.63. The summed E-state index contributed by atoms with van der Waals surface area (Å²) in [7, 11) is 1.68. The molecular formula is C16H24ClNO. The molecule has 0 amide bonds. The standard InChI is InChI=1S/C16H24ClNO/c1-11-5-6-14(15(17)7-11)16(2,3)12-8-13(19-4)10-18-9-12/h8-11,14-15H,5-7H2,1-4H3. The summed E-state index contributed by atoms with van der Waals surface area (Å²) in [6.07, 6.45) is 7.28. The Bertz CT molecular complexity index is 433. The van der Waals surface area contributed by atoms with Crippen LogP contribution in [0.2, 0.25) is 0 Å². The molecule has 3 unspecified atom stereocenters. The van der Waals surface area contributed by atoms with Crippen LogP contribution in [0.1, 0.15) is 45.6 Å². The van der Waals surface area contributed by atoms with E-state index in [2.05, 4.69) is 31.8 Å². The zero-order valence-corrected chi connectivity index (χ0v) is 13.1. The zero-order valence-electron chi connectivity index (χ0n) is 12.3. The van der Waals surface area contributed by atoms with Gasteiger partial charge in [-0.1, -0.05) is 27.2 Å². The molecule has 0 N–H and O–H groups in total. The normalized spacial score (nSPS) is 28.2. The molecule has 106 valence electrons. The lowest BCUT2D eigenvalue weighted by molar-refractivity contribution is 0.207. The van der Waals surface area contributed by atoms with Gasteiger partial charge in [0.25, 0.3) is 0 Å². The predicted molar refractivity (Wildman–Crippen MR) is 80.0 cm³/mol. The van der Waals surface area contributed by atoms with E-state index in [1.165, 1.54) is 18.4 Å². The van der Waals surface area contributed by atoms with Crippen LogP contribution in [0.15, 0.2) is 18.5 Å². The van der Waals surface area contributed by atoms with Crippen LogP contribution < -0.4 is 4.74 Å². The van der Waals surface area contributed by atoms with Crippen LogP contribution in [-0.4, -0.2) is 17.5 Å². The predicted octanol–water partition coefficient (Wildman–Crippen LogP) is 4.41. The molecule has 19 heavy (non-hydrogen) atoms. The highest BCUT2D eigenvalue weighted by Crippen LogP contribution is 2.44. The number of rotatable bonds is 3. The molecule has 0 bridgehead atoms. The summed E-state index contributed by atoms with van der Waals surface area (Å²) in [5.41, 5.74) is 1.26. The average Bonchev–Trinajstić information content (AvgIpc) is 2.38. The molecule has 1 saturated carbocycles. The third-order valence-corrected chi connectivity index (χ3v) is 5.14. The van der Waals surface area contributed by atoms with Gasteiger partial charge in [0.2, 0.25) is 0 Å². The molecule has 0 aliphatic heterocycles. The monoisotopic (exact) mass is 281 g/mol. The first-order valence-corrected chi connectivity index (χ1v) is 7.52. The molecule has 1 fully saturated rings. The molecule has 0 radical (unpaired) electrons. The van der Waals surface area contributed by atoms with Gasteiger partial charge in [0.1, 0.15) is 5.75 Å². The van der Waals surface area contributed by atoms with Crippen molar-refractivity contribution in [2.45, 2.75) is 50.8 Å². The highest BCUT2D eigenvalue weighted by molar-refractivity contribution is 6.20. The second-order valence-electron chi connectivity index (χ2n) is 6.38. The molecule has 0 saturated heterocycles. The van der Waals surface area contributed by atoms with E-state index in [-0.39, 0.29) is 10.8 Å². The van der Waals surface area contributed by atoms with E-state index >= 15 is 0 Å². The van der Waals surface area contributed by atoms with Crippen molar-refractivity contribution < 1.29 is 4.74 Å². The molecule has 0 spiro atoms. The molecular weight excluding hydrogens is 258 g/mol. The lowest BCUT2D eigenvalue weighted by Crippen LogP contribution is -2.38. The zero-order chi connectivity index (χ0) is 14.0. The minimum Gasteiger partial charge on any atom is -0.495 e. The molecule has 2 nitrogen and oxygen atoms in total. The van der Waals surface area contributed by atoms with Gasteiger partial charge < -0.3 is 4.74 Å². The second-order valence-corrected chi connectivity index (χ2v) is 6.94. The van der Waals surface area contributed by atoms with Crippen molar-refractivity contribution in [3.05, 3.63) is 24.0 Å². The van der Waals surface area contributed by atoms with E-state index in [0.717, 1.165) is 18.1 Å². The van der Waals surface area contributed by atoms with Crippen LogP contribution in [0, 0.1) is 11.8 Å². The van der Waals surface area contributed by atoms with Crippen molar-refractivity contribution in [1.29, 1.82) is 0 Å². The van der Waals surface area contributed by atoms with Gasteiger partial charge in [0.15, 0.2) is 0 Å². The number of aromatic nitrogens is 1. The van der Waals surface area contributed by atoms with E-state index in [9.17, 15) is 0 Å². The fourth-order valence-corrected chi connectivity index (χ4v) is 3.97. The van der Waals surface area contributed by atoms with Crippen molar-refractivity contribution in [2.24, 2.45) is 11.8 Å². The van der Waals surface area contributed by atoms with E-state index in [4.69, 9.17) is 16.3 Å². The van der Waals surface area contributed by atoms with Gasteiger partial charge in [-0.15, -0.1) is 11.6 Å². The number of ether oxygens (including phenoxy) is 1. The number of halogens is 1. The molecule has 1 aliphatic carbocycles. The Labute approximate surface area is 121 Å². The van der Waals surface area contributed by atoms with E-state index < -0.39 is 0 Å². The Morgan fingerprint density at radius 3 is 2.68 bits per heavy atom. The molecule has 1 aromatic heterocycles. The SMILES string of the molecule is COc1cncc(C(C)(C)C2CCC(C)CC2Cl)c1. The van der Waals surface area contributed by atoms with E-state index in [0.29, 0.717) is 5.92 Å². The van der Waals surface area contributed by atoms with Crippen LogP contribution in [0.25, 0.3) is 0 Å². The Morgan fingerprint density at radius 2 is 2.05 bits per heavy atom. The molecule has 1 aromatic rings. The Balaban J connectivity index is 2.25. The quantitative estimate of drug-likeness (QED) is 0.766. The maximum Gasteiger partial charge on any atom is 0.137 e. The molecule has 1 heterocycles. The molecule has 0 aromatic carbocycles. The van der Waals surface area contributed by atoms with Crippen LogP contribution in [0.4, 0.5) is 0 Å². The number of methoxy groups -OCH3 is 1. The summed E-state index contributed by atoms with van der Waals surface area (Å²) in [5, 5.41) is 0.255. The van der Waals surface area contributed by atoms with Gasteiger partial charge in [-0.05, 0) is 41.7 Å². The Kier molecular flexibility index (Phi) is 4.39. The summed E-state index contributed by atoms with van der Waals surface area (Å²) in [5.74, 6) is 2.07. The highest BCUT2D eigenvalue weighted by atomic mass is 35.5. The summed E-state index contributed by atoms with van der Waals surface area (Å²) in [6.45, 7) is 6.85. The first-order chi connectivity index (χ1) is 8.95. The Morgan fingerprint density at radius 1 is 1.32 bits per heavy atom. The van der Waals surface area contributed by atoms with Gasteiger partial charge in [-0.25, -0.2) is 0 Å². The Hall–Kier alpha value is -0.760. The fourth-order valence-electron chi connectivity index (χ4n) is 3.22. The molecule has 3 heteroatoms. The van der Waals surface area contributed by atoms with Crippen LogP contribution in [0.3, 0.4) is 0 Å². The van der Waals surface area contributed by atoms with Crippen molar-refractivity contribution >= 4 is 11.6 Å². The summed E-state index contributed by atoms with van der Waals surface area (Å²) in [6, 6.07) is 2.09. The minimum absolute atomic E-state index is 0.0358. The van der Waals surface area contributed by atoms with Gasteiger partial charge in [0, 0.05) is 11.6 Å². The van der Waals surface area contributed by atoms with Crippen LogP contribution in [-0.2, 0) is 5.41 Å². The summed E-state index contributed by atoms with van der Waals surface area (Å²) < 4.78 is 5.29. The number of nitrogens with zero attached hydrogens (tertiary/aromatic N) is 1. The largest absolute Gasteiger partial charge is 0.495 e. The lowest BCUT2D eigenvalue weighted by atomic mass is 9.66. The first kappa shape index (κ1) is 14.6. The van der Waals surface area contributed by atoms with Crippen LogP contribution in [0.5, 0.6) is 5.75 Å². The lowest BCUT2D eigenvalue weighted by Gasteiger charge is -2.42. The van der Waals surface area contributed by atoms with Gasteiger partial charge in [-0.3, -0.25) is 4.98 Å². The van der Waals surface area contributed by atoms with E-state index in [1.54, 1.807) is 13.3 Å². The highest BCUT2D eigenvalue weighted by Gasteiger charge is 2.39. The van der Waals surface area contributed by atoms with Gasteiger partial charge in [0.05, 0.1) is 13.3 Å². The van der Waals surface area contributed by atoms with Gasteiger partial charge in [-0.2, -0.15) is 0 Å². The summed E-state index contributed by atoms with van der Waals surface area (Å²) in [4.78, 5) is 4.29. The topological polar surface area (TPSA) is 22.1 Å². The molecule has 3 atom stereocenters. The molecule has 1 aliphatic rings. The molecule has 2 rings (SSSR count). The van der Waals surface area contributed by atoms with Crippen molar-refractivity contribution in [3.8, 4) is 5.75 Å². The maximum atomic E-state index is 6.63. The number of pyridine rings is 1. The van der Waals surface area contributed by atoms with Crippen molar-refractivity contribution in [1.82, 2.24) is 4.98 Å². The van der Waals surface area contributed by atoms with E-state index in [1.807, 2.05) is 6.20 Å². The minimum atomic E-state index is 0.0358. The number of alkyl halides is 1. The fraction of sp³-hybridized carbons (Fsp3) is 0.688. The second kappa shape index (κ2) is 5.70. The third kappa shape index (κ3) is 3.05. The maximum absolute atomic E-state index is 6.63. The average molecular weight is 282 g/mol. The van der Waals surface area contributed by atoms with Crippen LogP contribution >= 0.6 is 11.6 Å². The third-order valence-electron chi connectivity index (χ3n) is 4.65. The van der Waals surface area contributed by atoms with Crippen molar-refractivity contribution in [2.75, 3.05) is 7.11 Å². The first-order valence-electron chi connectivity index (χ1n) is 7.08. The smallest absolute Gasteiger partial charge is 0.137 e.